The van der Waals surface area contributed by atoms with E-state index in [2.05, 4.69) is 9.71 Å². The molecule has 1 aromatic heterocycles. The van der Waals surface area contributed by atoms with Crippen LogP contribution >= 0.6 is 11.3 Å². The van der Waals surface area contributed by atoms with Crippen LogP contribution in [0.25, 0.3) is 0 Å². The maximum atomic E-state index is 12.6. The van der Waals surface area contributed by atoms with Crippen molar-refractivity contribution in [1.29, 1.82) is 0 Å². The zero-order valence-corrected chi connectivity index (χ0v) is 13.4. The summed E-state index contributed by atoms with van der Waals surface area (Å²) in [5.74, 6) is 0. The fourth-order valence-corrected chi connectivity index (χ4v) is 4.53. The Morgan fingerprint density at radius 3 is 2.40 bits per heavy atom. The molecule has 7 heteroatoms. The van der Waals surface area contributed by atoms with Gasteiger partial charge in [0.2, 0.25) is 0 Å². The van der Waals surface area contributed by atoms with Gasteiger partial charge in [-0.2, -0.15) is 0 Å². The number of rotatable bonds is 3. The molecule has 0 aliphatic carbocycles. The van der Waals surface area contributed by atoms with Crippen molar-refractivity contribution in [3.63, 3.8) is 0 Å². The van der Waals surface area contributed by atoms with Gasteiger partial charge in [-0.1, -0.05) is 0 Å². The number of hydrogen-bond acceptors (Lipinski definition) is 5. The molecule has 1 aromatic carbocycles. The molecule has 0 unspecified atom stereocenters. The van der Waals surface area contributed by atoms with Crippen LogP contribution in [-0.2, 0) is 10.0 Å². The number of sulfonamides is 1. The first kappa shape index (κ1) is 14.8. The van der Waals surface area contributed by atoms with E-state index >= 15 is 0 Å². The van der Waals surface area contributed by atoms with Crippen molar-refractivity contribution in [3.05, 3.63) is 33.8 Å². The van der Waals surface area contributed by atoms with Crippen LogP contribution in [0, 0.1) is 27.7 Å². The van der Waals surface area contributed by atoms with E-state index in [1.54, 1.807) is 25.3 Å². The van der Waals surface area contributed by atoms with Crippen LogP contribution in [0.1, 0.15) is 22.4 Å². The first-order valence-electron chi connectivity index (χ1n) is 6.03. The molecule has 2 rings (SSSR count). The maximum Gasteiger partial charge on any atom is 0.264 e. The van der Waals surface area contributed by atoms with Crippen LogP contribution in [0.3, 0.4) is 0 Å². The zero-order chi connectivity index (χ0) is 15.1. The van der Waals surface area contributed by atoms with Gasteiger partial charge in [0, 0.05) is 11.1 Å². The normalized spacial score (nSPS) is 11.6. The average Bonchev–Trinajstić information content (AvgIpc) is 2.71. The molecule has 0 saturated carbocycles. The standard InChI is InChI=1S/C13H17N3O2S2/c1-7-5-11(14)10(4)12(9(7)3)20(17,18)16-13-15-8(2)6-19-13/h5-6H,14H2,1-4H3,(H,15,16). The quantitative estimate of drug-likeness (QED) is 0.854. The summed E-state index contributed by atoms with van der Waals surface area (Å²) in [7, 11) is -3.69. The van der Waals surface area contributed by atoms with Crippen LogP contribution in [-0.4, -0.2) is 13.4 Å². The predicted molar refractivity (Wildman–Crippen MR) is 82.7 cm³/mol. The third-order valence-corrected chi connectivity index (χ3v) is 5.80. The molecule has 0 aliphatic rings. The van der Waals surface area contributed by atoms with Crippen molar-refractivity contribution in [2.75, 3.05) is 10.5 Å². The summed E-state index contributed by atoms with van der Waals surface area (Å²) in [5.41, 5.74) is 9.26. The van der Waals surface area contributed by atoms with E-state index in [9.17, 15) is 8.42 Å². The summed E-state index contributed by atoms with van der Waals surface area (Å²) in [4.78, 5) is 4.36. The molecule has 0 amide bonds. The Morgan fingerprint density at radius 2 is 1.85 bits per heavy atom. The molecule has 0 saturated heterocycles. The average molecular weight is 311 g/mol. The number of anilines is 2. The molecule has 20 heavy (non-hydrogen) atoms. The third-order valence-electron chi connectivity index (χ3n) is 3.19. The monoisotopic (exact) mass is 311 g/mol. The Morgan fingerprint density at radius 1 is 1.20 bits per heavy atom. The van der Waals surface area contributed by atoms with Crippen molar-refractivity contribution in [2.24, 2.45) is 0 Å². The van der Waals surface area contributed by atoms with Crippen LogP contribution in [0.2, 0.25) is 0 Å². The lowest BCUT2D eigenvalue weighted by molar-refractivity contribution is 0.600. The second kappa shape index (κ2) is 5.06. The lowest BCUT2D eigenvalue weighted by Gasteiger charge is -2.15. The first-order valence-corrected chi connectivity index (χ1v) is 8.40. The van der Waals surface area contributed by atoms with Crippen LogP contribution in [0.15, 0.2) is 16.3 Å². The van der Waals surface area contributed by atoms with Crippen molar-refractivity contribution in [2.45, 2.75) is 32.6 Å². The van der Waals surface area contributed by atoms with Gasteiger partial charge in [-0.15, -0.1) is 11.3 Å². The van der Waals surface area contributed by atoms with Crippen molar-refractivity contribution in [1.82, 2.24) is 4.98 Å². The van der Waals surface area contributed by atoms with Gasteiger partial charge in [0.05, 0.1) is 10.6 Å². The lowest BCUT2D eigenvalue weighted by Crippen LogP contribution is -2.17. The fraction of sp³-hybridized carbons (Fsp3) is 0.308. The van der Waals surface area contributed by atoms with Gasteiger partial charge in [0.15, 0.2) is 5.13 Å². The molecule has 0 bridgehead atoms. The Bertz CT molecular complexity index is 738. The molecule has 0 radical (unpaired) electrons. The molecule has 0 atom stereocenters. The molecule has 2 aromatic rings. The number of thiazole rings is 1. The molecule has 5 nitrogen and oxygen atoms in total. The highest BCUT2D eigenvalue weighted by atomic mass is 32.2. The molecule has 1 heterocycles. The second-order valence-corrected chi connectivity index (χ2v) is 7.24. The smallest absolute Gasteiger partial charge is 0.264 e. The molecule has 3 N–H and O–H groups in total. The van der Waals surface area contributed by atoms with E-state index in [1.165, 1.54) is 11.3 Å². The molecular formula is C13H17N3O2S2. The van der Waals surface area contributed by atoms with Crippen LogP contribution in [0.4, 0.5) is 10.8 Å². The molecule has 0 spiro atoms. The number of aromatic nitrogens is 1. The summed E-state index contributed by atoms with van der Waals surface area (Å²) in [6.45, 7) is 7.15. The number of benzene rings is 1. The largest absolute Gasteiger partial charge is 0.398 e. The summed E-state index contributed by atoms with van der Waals surface area (Å²) in [6, 6.07) is 1.79. The number of nitrogens with one attached hydrogen (secondary N) is 1. The Kier molecular flexibility index (Phi) is 3.75. The third kappa shape index (κ3) is 2.64. The van der Waals surface area contributed by atoms with Gasteiger partial charge in [0.25, 0.3) is 10.0 Å². The Hall–Kier alpha value is -1.60. The maximum absolute atomic E-state index is 12.6. The minimum atomic E-state index is -3.69. The predicted octanol–water partition coefficient (Wildman–Crippen LogP) is 2.76. The van der Waals surface area contributed by atoms with E-state index in [4.69, 9.17) is 5.73 Å². The van der Waals surface area contributed by atoms with Gasteiger partial charge in [-0.25, -0.2) is 13.4 Å². The van der Waals surface area contributed by atoms with Gasteiger partial charge in [0.1, 0.15) is 0 Å². The van der Waals surface area contributed by atoms with E-state index in [1.807, 2.05) is 13.8 Å². The van der Waals surface area contributed by atoms with Crippen molar-refractivity contribution < 1.29 is 8.42 Å². The summed E-state index contributed by atoms with van der Waals surface area (Å²) >= 11 is 1.26. The van der Waals surface area contributed by atoms with E-state index in [0.717, 1.165) is 11.3 Å². The number of nitrogens with two attached hydrogens (primary N) is 1. The lowest BCUT2D eigenvalue weighted by atomic mass is 10.1. The minimum Gasteiger partial charge on any atom is -0.398 e. The van der Waals surface area contributed by atoms with Crippen LogP contribution < -0.4 is 10.5 Å². The van der Waals surface area contributed by atoms with E-state index < -0.39 is 10.0 Å². The highest BCUT2D eigenvalue weighted by Gasteiger charge is 2.23. The molecular weight excluding hydrogens is 294 g/mol. The summed E-state index contributed by atoms with van der Waals surface area (Å²) < 4.78 is 27.6. The Balaban J connectivity index is 2.55. The highest BCUT2D eigenvalue weighted by molar-refractivity contribution is 7.93. The topological polar surface area (TPSA) is 85.1 Å². The molecule has 0 aliphatic heterocycles. The van der Waals surface area contributed by atoms with Gasteiger partial charge >= 0.3 is 0 Å². The molecule has 0 fully saturated rings. The number of aryl methyl sites for hydroxylation is 2. The molecule has 108 valence electrons. The minimum absolute atomic E-state index is 0.239. The Labute approximate surface area is 122 Å². The van der Waals surface area contributed by atoms with Crippen molar-refractivity contribution in [3.8, 4) is 0 Å². The van der Waals surface area contributed by atoms with Gasteiger partial charge in [-0.05, 0) is 50.5 Å². The number of nitrogens with zero attached hydrogens (tertiary/aromatic N) is 1. The van der Waals surface area contributed by atoms with Gasteiger partial charge in [-0.3, -0.25) is 4.72 Å². The highest BCUT2D eigenvalue weighted by Crippen LogP contribution is 2.29. The van der Waals surface area contributed by atoms with Crippen molar-refractivity contribution >= 4 is 32.2 Å². The second-order valence-electron chi connectivity index (χ2n) is 4.76. The fourth-order valence-electron chi connectivity index (χ4n) is 2.01. The van der Waals surface area contributed by atoms with Crippen LogP contribution in [0.5, 0.6) is 0 Å². The van der Waals surface area contributed by atoms with E-state index in [0.29, 0.717) is 21.9 Å². The van der Waals surface area contributed by atoms with E-state index in [-0.39, 0.29) is 4.90 Å². The number of nitrogen functional groups attached to an aromatic ring is 1. The zero-order valence-electron chi connectivity index (χ0n) is 11.8. The van der Waals surface area contributed by atoms with Gasteiger partial charge < -0.3 is 5.73 Å². The number of hydrogen-bond donors (Lipinski definition) is 2. The summed E-state index contributed by atoms with van der Waals surface area (Å²) in [5, 5.41) is 2.16. The summed E-state index contributed by atoms with van der Waals surface area (Å²) in [6.07, 6.45) is 0. The SMILES string of the molecule is Cc1csc(NS(=O)(=O)c2c(C)c(C)cc(N)c2C)n1. The first-order chi connectivity index (χ1) is 9.22.